The van der Waals surface area contributed by atoms with Crippen molar-refractivity contribution >= 4 is 18.0 Å². The van der Waals surface area contributed by atoms with Crippen molar-refractivity contribution in [2.75, 3.05) is 26.4 Å². The monoisotopic (exact) mass is 760 g/mol. The van der Waals surface area contributed by atoms with Gasteiger partial charge in [0.15, 0.2) is 12.3 Å². The second-order valence-electron chi connectivity index (χ2n) is 14.4. The summed E-state index contributed by atoms with van der Waals surface area (Å²) >= 11 is 0. The molecule has 2 bridgehead atoms. The summed E-state index contributed by atoms with van der Waals surface area (Å²) in [5.41, 5.74) is 1.63. The molecule has 3 aromatic carbocycles. The van der Waals surface area contributed by atoms with Gasteiger partial charge in [0.2, 0.25) is 11.7 Å². The summed E-state index contributed by atoms with van der Waals surface area (Å²) in [4.78, 5) is 34.9. The van der Waals surface area contributed by atoms with Gasteiger partial charge in [-0.25, -0.2) is 0 Å². The lowest BCUT2D eigenvalue weighted by molar-refractivity contribution is -0.298. The van der Waals surface area contributed by atoms with E-state index in [1.807, 2.05) is 84.9 Å². The smallest absolute Gasteiger partial charge is 0.327 e. The topological polar surface area (TPSA) is 206 Å². The van der Waals surface area contributed by atoms with Crippen LogP contribution in [0.3, 0.4) is 0 Å². The van der Waals surface area contributed by atoms with Gasteiger partial charge in [-0.2, -0.15) is 5.06 Å². The minimum absolute atomic E-state index is 0.00242. The predicted molar refractivity (Wildman–Crippen MR) is 190 cm³/mol. The molecule has 4 saturated heterocycles. The number of amides is 1. The van der Waals surface area contributed by atoms with Crippen molar-refractivity contribution in [3.05, 3.63) is 113 Å². The summed E-state index contributed by atoms with van der Waals surface area (Å²) < 4.78 is 30.8. The molecule has 3 aromatic rings. The van der Waals surface area contributed by atoms with Gasteiger partial charge in [0, 0.05) is 24.1 Å². The lowest BCUT2D eigenvalue weighted by atomic mass is 9.62. The van der Waals surface area contributed by atoms with Crippen molar-refractivity contribution in [3.63, 3.8) is 0 Å². The van der Waals surface area contributed by atoms with E-state index in [-0.39, 0.29) is 32.7 Å². The number of fused-ring (bicyclic) bond motifs is 4. The first-order valence-corrected chi connectivity index (χ1v) is 18.4. The Hall–Kier alpha value is -4.10. The minimum Gasteiger partial charge on any atom is -0.458 e. The third-order valence-corrected chi connectivity index (χ3v) is 11.1. The average Bonchev–Trinajstić information content (AvgIpc) is 3.79. The highest BCUT2D eigenvalue weighted by Gasteiger charge is 2.76. The van der Waals surface area contributed by atoms with Crippen LogP contribution in [0.25, 0.3) is 6.08 Å². The number of esters is 1. The molecular formula is C40H44N2O13. The van der Waals surface area contributed by atoms with Crippen molar-refractivity contribution in [3.8, 4) is 0 Å². The highest BCUT2D eigenvalue weighted by molar-refractivity contribution is 5.93. The Labute approximate surface area is 316 Å². The molecule has 0 aromatic heterocycles. The molecule has 15 heteroatoms. The fraction of sp³-hybridized carbons (Fsp3) is 0.450. The predicted octanol–water partition coefficient (Wildman–Crippen LogP) is 0.110. The molecule has 4 heterocycles. The number of aliphatic hydroxyl groups excluding tert-OH is 5. The lowest BCUT2D eigenvalue weighted by Crippen LogP contribution is -2.69. The second-order valence-corrected chi connectivity index (χ2v) is 14.4. The Morgan fingerprint density at radius 1 is 0.891 bits per heavy atom. The van der Waals surface area contributed by atoms with Crippen molar-refractivity contribution in [1.29, 1.82) is 0 Å². The number of carbonyl (C=O) groups is 2. The van der Waals surface area contributed by atoms with Gasteiger partial charge in [0.1, 0.15) is 54.2 Å². The van der Waals surface area contributed by atoms with E-state index < -0.39 is 90.8 Å². The van der Waals surface area contributed by atoms with Crippen molar-refractivity contribution in [2.45, 2.75) is 79.9 Å². The van der Waals surface area contributed by atoms with Gasteiger partial charge in [-0.05, 0) is 11.1 Å². The van der Waals surface area contributed by atoms with Gasteiger partial charge in [-0.15, -0.1) is 0 Å². The van der Waals surface area contributed by atoms with Crippen LogP contribution in [-0.4, -0.2) is 130 Å². The largest absolute Gasteiger partial charge is 0.458 e. The highest BCUT2D eigenvalue weighted by atomic mass is 16.8. The first-order valence-electron chi connectivity index (χ1n) is 18.4. The zero-order valence-corrected chi connectivity index (χ0v) is 29.7. The third kappa shape index (κ3) is 6.58. The Morgan fingerprint density at radius 2 is 1.56 bits per heavy atom. The summed E-state index contributed by atoms with van der Waals surface area (Å²) in [5, 5.41) is 53.5. The number of hydrogen-bond acceptors (Lipinski definition) is 14. The molecule has 1 amide bonds. The van der Waals surface area contributed by atoms with E-state index >= 15 is 0 Å². The molecule has 0 unspecified atom stereocenters. The molecular weight excluding hydrogens is 716 g/mol. The molecule has 55 heavy (non-hydrogen) atoms. The van der Waals surface area contributed by atoms with Gasteiger partial charge in [0.25, 0.3) is 0 Å². The maximum Gasteiger partial charge on any atom is 0.327 e. The number of nitrogens with one attached hydrogen (secondary N) is 1. The van der Waals surface area contributed by atoms with Crippen LogP contribution in [0.4, 0.5) is 0 Å². The molecule has 0 spiro atoms. The van der Waals surface area contributed by atoms with Gasteiger partial charge in [-0.1, -0.05) is 97.1 Å². The zero-order chi connectivity index (χ0) is 38.3. The SMILES string of the molecule is O=C1O[C@@H]2C[C@@]3(C(=O)NCCO)[C@H](ON(Cc4ccc(C=CCO[C@H]5O[C@H](CO)[C@H](O)[C@H](O)[C@H]5O)cc4)[C@@H]13)[C@H]1OC(c3ccccc3)(c3ccccc3)O[C@H]12. The van der Waals surface area contributed by atoms with Gasteiger partial charge in [0.05, 0.1) is 26.4 Å². The molecule has 15 nitrogen and oxygen atoms in total. The van der Waals surface area contributed by atoms with E-state index in [1.54, 1.807) is 12.2 Å². The number of nitrogens with zero attached hydrogens (tertiary/aromatic N) is 1. The van der Waals surface area contributed by atoms with Crippen LogP contribution in [0.5, 0.6) is 0 Å². The summed E-state index contributed by atoms with van der Waals surface area (Å²) in [7, 11) is 0. The molecule has 5 aliphatic rings. The summed E-state index contributed by atoms with van der Waals surface area (Å²) in [5.74, 6) is -2.43. The summed E-state index contributed by atoms with van der Waals surface area (Å²) in [6.07, 6.45) is -6.56. The average molecular weight is 761 g/mol. The van der Waals surface area contributed by atoms with Crippen molar-refractivity contribution in [2.24, 2.45) is 5.41 Å². The standard InChI is InChI=1S/C40H44N2O13/c43-18-17-41-38(49)39-20-27-32-33(54-40(53-32,25-9-3-1-4-10-25)26-11-5-2-6-12-26)35(39)55-42(34(39)36(48)51-27)21-24-15-13-23(14-16-24)8-7-19-50-37-31(47)30(46)29(45)28(22-44)52-37/h1-16,27-35,37,43-47H,17-22H2,(H,41,49)/t27-,28-,29+,30+,31-,32+,33+,34+,35-,37+,39+/m1/s1. The second kappa shape index (κ2) is 15.4. The highest BCUT2D eigenvalue weighted by Crippen LogP contribution is 2.59. The van der Waals surface area contributed by atoms with Crippen LogP contribution < -0.4 is 5.32 Å². The van der Waals surface area contributed by atoms with Gasteiger partial charge >= 0.3 is 5.97 Å². The first kappa shape index (κ1) is 37.8. The molecule has 292 valence electrons. The molecule has 4 aliphatic heterocycles. The van der Waals surface area contributed by atoms with Crippen LogP contribution in [0, 0.1) is 5.41 Å². The Bertz CT molecular complexity index is 1810. The number of hydroxylamine groups is 2. The number of hydrogen-bond donors (Lipinski definition) is 6. The summed E-state index contributed by atoms with van der Waals surface area (Å²) in [6.45, 7) is -0.717. The zero-order valence-electron chi connectivity index (χ0n) is 29.7. The number of rotatable bonds is 12. The van der Waals surface area contributed by atoms with E-state index in [9.17, 15) is 35.1 Å². The molecule has 11 atom stereocenters. The molecule has 6 N–H and O–H groups in total. The van der Waals surface area contributed by atoms with Crippen LogP contribution in [0.1, 0.15) is 28.7 Å². The maximum atomic E-state index is 14.2. The van der Waals surface area contributed by atoms with Crippen LogP contribution in [0.2, 0.25) is 0 Å². The van der Waals surface area contributed by atoms with E-state index in [0.717, 1.165) is 22.3 Å². The maximum absolute atomic E-state index is 14.2. The van der Waals surface area contributed by atoms with Gasteiger partial charge in [-0.3, -0.25) is 14.4 Å². The van der Waals surface area contributed by atoms with E-state index in [2.05, 4.69) is 5.32 Å². The van der Waals surface area contributed by atoms with Crippen molar-refractivity contribution in [1.82, 2.24) is 10.4 Å². The number of ether oxygens (including phenoxy) is 5. The fourth-order valence-corrected chi connectivity index (χ4v) is 8.48. The van der Waals surface area contributed by atoms with Crippen LogP contribution in [0.15, 0.2) is 91.0 Å². The number of aliphatic hydroxyl groups is 5. The number of benzene rings is 3. The fourth-order valence-electron chi connectivity index (χ4n) is 8.48. The quantitative estimate of drug-likeness (QED) is 0.136. The number of carbonyl (C=O) groups excluding carboxylic acids is 2. The molecule has 1 aliphatic carbocycles. The van der Waals surface area contributed by atoms with Crippen LogP contribution in [-0.2, 0) is 50.4 Å². The summed E-state index contributed by atoms with van der Waals surface area (Å²) in [6, 6.07) is 25.3. The Balaban J connectivity index is 1.02. The van der Waals surface area contributed by atoms with E-state index in [0.29, 0.717) is 0 Å². The molecule has 0 radical (unpaired) electrons. The lowest BCUT2D eigenvalue weighted by Gasteiger charge is -2.48. The normalized spacial score (nSPS) is 35.0. The molecule has 8 rings (SSSR count). The molecule has 5 fully saturated rings. The Morgan fingerprint density at radius 3 is 2.22 bits per heavy atom. The minimum atomic E-state index is -1.53. The van der Waals surface area contributed by atoms with Gasteiger partial charge < -0.3 is 54.5 Å². The van der Waals surface area contributed by atoms with Crippen molar-refractivity contribution < 1.29 is 63.6 Å². The van der Waals surface area contributed by atoms with E-state index in [1.165, 1.54) is 5.06 Å². The van der Waals surface area contributed by atoms with E-state index in [4.69, 9.17) is 28.5 Å². The first-order chi connectivity index (χ1) is 26.7. The third-order valence-electron chi connectivity index (χ3n) is 11.1. The van der Waals surface area contributed by atoms with Crippen LogP contribution >= 0.6 is 0 Å². The Kier molecular flexibility index (Phi) is 10.6. The molecule has 1 saturated carbocycles.